The highest BCUT2D eigenvalue weighted by Gasteiger charge is 2.31. The van der Waals surface area contributed by atoms with Crippen LogP contribution in [-0.4, -0.2) is 29.9 Å². The van der Waals surface area contributed by atoms with Crippen molar-refractivity contribution in [2.24, 2.45) is 4.99 Å². The molecule has 0 atom stereocenters. The number of carbonyl (C=O) groups excluding carboxylic acids is 1. The van der Waals surface area contributed by atoms with Crippen LogP contribution in [0.4, 0.5) is 0 Å². The molecule has 1 amide bonds. The zero-order chi connectivity index (χ0) is 15.8. The van der Waals surface area contributed by atoms with Crippen molar-refractivity contribution in [3.63, 3.8) is 0 Å². The molecule has 0 saturated carbocycles. The number of unbranched alkanes of at least 4 members (excludes halogenated alkanes) is 2. The Balaban J connectivity index is 2.18. The third-order valence-corrected chi connectivity index (χ3v) is 3.60. The molecule has 118 valence electrons. The fourth-order valence-corrected chi connectivity index (χ4v) is 2.29. The Morgan fingerprint density at radius 2 is 1.86 bits per heavy atom. The summed E-state index contributed by atoms with van der Waals surface area (Å²) in [5.41, 5.74) is 1.63. The summed E-state index contributed by atoms with van der Waals surface area (Å²) in [5, 5.41) is 3.19. The Morgan fingerprint density at radius 3 is 2.55 bits per heavy atom. The smallest absolute Gasteiger partial charge is 0.277 e. The maximum Gasteiger partial charge on any atom is 0.277 e. The van der Waals surface area contributed by atoms with Gasteiger partial charge in [0, 0.05) is 13.1 Å². The summed E-state index contributed by atoms with van der Waals surface area (Å²) in [7, 11) is 0. The number of nitrogens with one attached hydrogen (secondary N) is 1. The standard InChI is InChI=1S/C18H25N3O/c1-3-5-12-19-18-20-16(14-15-10-8-7-9-11-15)17(22)21(18)13-6-4-2/h7-11,14H,3-6,12-13H2,1-2H3,(H,19,20)/b16-14+. The predicted molar refractivity (Wildman–Crippen MR) is 91.4 cm³/mol. The topological polar surface area (TPSA) is 44.7 Å². The second-order valence-electron chi connectivity index (χ2n) is 5.46. The Labute approximate surface area is 132 Å². The highest BCUT2D eigenvalue weighted by Crippen LogP contribution is 2.15. The maximum atomic E-state index is 12.6. The molecule has 1 aliphatic heterocycles. The van der Waals surface area contributed by atoms with E-state index in [1.54, 1.807) is 4.90 Å². The average Bonchev–Trinajstić information content (AvgIpc) is 2.82. The Kier molecular flexibility index (Phi) is 6.19. The van der Waals surface area contributed by atoms with Crippen LogP contribution < -0.4 is 5.32 Å². The van der Waals surface area contributed by atoms with Crippen molar-refractivity contribution in [2.75, 3.05) is 13.1 Å². The Hall–Kier alpha value is -2.10. The third kappa shape index (κ3) is 4.20. The first-order valence-electron chi connectivity index (χ1n) is 8.16. The second-order valence-corrected chi connectivity index (χ2v) is 5.46. The van der Waals surface area contributed by atoms with Gasteiger partial charge in [-0.25, -0.2) is 0 Å². The number of hydrogen-bond acceptors (Lipinski definition) is 2. The van der Waals surface area contributed by atoms with E-state index in [1.807, 2.05) is 36.4 Å². The second kappa shape index (κ2) is 8.37. The fraction of sp³-hybridized carbons (Fsp3) is 0.444. The van der Waals surface area contributed by atoms with Gasteiger partial charge in [-0.2, -0.15) is 0 Å². The van der Waals surface area contributed by atoms with Crippen molar-refractivity contribution >= 4 is 17.9 Å². The van der Waals surface area contributed by atoms with Crippen LogP contribution in [0.2, 0.25) is 0 Å². The number of carbonyl (C=O) groups is 1. The predicted octanol–water partition coefficient (Wildman–Crippen LogP) is 3.42. The lowest BCUT2D eigenvalue weighted by molar-refractivity contribution is -0.122. The summed E-state index contributed by atoms with van der Waals surface area (Å²) in [5.74, 6) is 0.724. The number of guanidine groups is 1. The van der Waals surface area contributed by atoms with Gasteiger partial charge >= 0.3 is 0 Å². The molecule has 4 heteroatoms. The molecule has 22 heavy (non-hydrogen) atoms. The van der Waals surface area contributed by atoms with Gasteiger partial charge in [0.25, 0.3) is 5.91 Å². The lowest BCUT2D eigenvalue weighted by Crippen LogP contribution is -2.33. The van der Waals surface area contributed by atoms with Gasteiger partial charge in [-0.05, 0) is 24.5 Å². The number of rotatable bonds is 7. The average molecular weight is 299 g/mol. The summed E-state index contributed by atoms with van der Waals surface area (Å²) in [6.45, 7) is 5.75. The van der Waals surface area contributed by atoms with Gasteiger partial charge < -0.3 is 5.32 Å². The van der Waals surface area contributed by atoms with Gasteiger partial charge in [0.15, 0.2) is 0 Å². The minimum absolute atomic E-state index is 0.0209. The molecule has 1 aliphatic rings. The maximum absolute atomic E-state index is 12.6. The molecule has 1 aromatic rings. The van der Waals surface area contributed by atoms with Crippen molar-refractivity contribution in [2.45, 2.75) is 39.5 Å². The van der Waals surface area contributed by atoms with Crippen molar-refractivity contribution in [1.82, 2.24) is 10.2 Å². The number of amides is 1. The largest absolute Gasteiger partial charge is 0.321 e. The van der Waals surface area contributed by atoms with Crippen molar-refractivity contribution in [3.8, 4) is 0 Å². The first-order valence-corrected chi connectivity index (χ1v) is 8.16. The van der Waals surface area contributed by atoms with Crippen LogP contribution in [0.5, 0.6) is 0 Å². The van der Waals surface area contributed by atoms with Crippen molar-refractivity contribution in [1.29, 1.82) is 0 Å². The van der Waals surface area contributed by atoms with Crippen LogP contribution in [0.3, 0.4) is 0 Å². The van der Waals surface area contributed by atoms with Gasteiger partial charge in [0.2, 0.25) is 5.96 Å². The van der Waals surface area contributed by atoms with Crippen molar-refractivity contribution in [3.05, 3.63) is 41.6 Å². The van der Waals surface area contributed by atoms with E-state index >= 15 is 0 Å². The molecule has 0 bridgehead atoms. The summed E-state index contributed by atoms with van der Waals surface area (Å²) in [6, 6.07) is 9.89. The van der Waals surface area contributed by atoms with Gasteiger partial charge in [-0.3, -0.25) is 14.7 Å². The van der Waals surface area contributed by atoms with E-state index in [0.717, 1.165) is 44.3 Å². The fourth-order valence-electron chi connectivity index (χ4n) is 2.29. The van der Waals surface area contributed by atoms with E-state index in [9.17, 15) is 4.79 Å². The quantitative estimate of drug-likeness (QED) is 0.619. The number of aliphatic imine (C=N–C) groups is 1. The minimum atomic E-state index is 0.0209. The van der Waals surface area contributed by atoms with Gasteiger partial charge in [0.05, 0.1) is 0 Å². The number of hydrogen-bond donors (Lipinski definition) is 1. The summed E-state index contributed by atoms with van der Waals surface area (Å²) >= 11 is 0. The van der Waals surface area contributed by atoms with E-state index < -0.39 is 0 Å². The van der Waals surface area contributed by atoms with Crippen LogP contribution in [0, 0.1) is 0 Å². The van der Waals surface area contributed by atoms with E-state index in [2.05, 4.69) is 24.2 Å². The molecule has 0 aliphatic carbocycles. The normalized spacial score (nSPS) is 18.3. The molecule has 4 nitrogen and oxygen atoms in total. The molecule has 1 saturated heterocycles. The molecule has 0 radical (unpaired) electrons. The van der Waals surface area contributed by atoms with E-state index in [1.165, 1.54) is 0 Å². The molecule has 0 spiro atoms. The van der Waals surface area contributed by atoms with Crippen LogP contribution in [-0.2, 0) is 4.79 Å². The van der Waals surface area contributed by atoms with E-state index in [0.29, 0.717) is 11.7 Å². The molecule has 1 heterocycles. The van der Waals surface area contributed by atoms with E-state index in [-0.39, 0.29) is 5.91 Å². The van der Waals surface area contributed by atoms with Crippen LogP contribution in [0.15, 0.2) is 41.0 Å². The third-order valence-electron chi connectivity index (χ3n) is 3.60. The van der Waals surface area contributed by atoms with Crippen LogP contribution in [0.25, 0.3) is 6.08 Å². The van der Waals surface area contributed by atoms with Gasteiger partial charge in [0.1, 0.15) is 5.70 Å². The van der Waals surface area contributed by atoms with Crippen molar-refractivity contribution < 1.29 is 4.79 Å². The molecule has 0 unspecified atom stereocenters. The van der Waals surface area contributed by atoms with Gasteiger partial charge in [-0.15, -0.1) is 0 Å². The molecule has 1 N–H and O–H groups in total. The Morgan fingerprint density at radius 1 is 1.14 bits per heavy atom. The monoisotopic (exact) mass is 299 g/mol. The molecular formula is C18H25N3O. The zero-order valence-corrected chi connectivity index (χ0v) is 13.5. The summed E-state index contributed by atoms with van der Waals surface area (Å²) in [6.07, 6.45) is 6.08. The summed E-state index contributed by atoms with van der Waals surface area (Å²) < 4.78 is 0. The van der Waals surface area contributed by atoms with E-state index in [4.69, 9.17) is 0 Å². The molecule has 1 aromatic carbocycles. The molecular weight excluding hydrogens is 274 g/mol. The highest BCUT2D eigenvalue weighted by molar-refractivity contribution is 6.15. The SMILES string of the molecule is CCCCN=C1N/C(=C/c2ccccc2)C(=O)N1CCCC. The molecule has 0 aromatic heterocycles. The first-order chi connectivity index (χ1) is 10.8. The zero-order valence-electron chi connectivity index (χ0n) is 13.5. The lowest BCUT2D eigenvalue weighted by atomic mass is 10.2. The lowest BCUT2D eigenvalue weighted by Gasteiger charge is -2.14. The first kappa shape index (κ1) is 16.3. The minimum Gasteiger partial charge on any atom is -0.321 e. The van der Waals surface area contributed by atoms with Crippen LogP contribution >= 0.6 is 0 Å². The number of benzene rings is 1. The van der Waals surface area contributed by atoms with Crippen LogP contribution in [0.1, 0.15) is 45.1 Å². The van der Waals surface area contributed by atoms with Gasteiger partial charge in [-0.1, -0.05) is 57.0 Å². The molecule has 1 fully saturated rings. The Bertz CT molecular complexity index is 549. The number of nitrogens with zero attached hydrogens (tertiary/aromatic N) is 2. The molecule has 2 rings (SSSR count). The highest BCUT2D eigenvalue weighted by atomic mass is 16.2. The summed E-state index contributed by atoms with van der Waals surface area (Å²) in [4.78, 5) is 18.9.